The molecule has 4 aromatic rings. The third-order valence-electron chi connectivity index (χ3n) is 17.9. The summed E-state index contributed by atoms with van der Waals surface area (Å²) in [4.78, 5) is 57.1. The van der Waals surface area contributed by atoms with Crippen molar-refractivity contribution in [3.05, 3.63) is 71.0 Å². The lowest BCUT2D eigenvalue weighted by molar-refractivity contribution is -0.155. The summed E-state index contributed by atoms with van der Waals surface area (Å²) >= 11 is 0. The van der Waals surface area contributed by atoms with Crippen molar-refractivity contribution in [1.29, 1.82) is 0 Å². The van der Waals surface area contributed by atoms with Gasteiger partial charge < -0.3 is 29.6 Å². The van der Waals surface area contributed by atoms with Gasteiger partial charge in [-0.1, -0.05) is 58.7 Å². The molecule has 5 saturated heterocycles. The fraction of sp³-hybridized carbons (Fsp3) is 0.627. The van der Waals surface area contributed by atoms with E-state index in [4.69, 9.17) is 14.5 Å². The van der Waals surface area contributed by atoms with E-state index in [-0.39, 0.29) is 48.1 Å². The van der Waals surface area contributed by atoms with Crippen LogP contribution in [0.15, 0.2) is 48.7 Å². The van der Waals surface area contributed by atoms with Gasteiger partial charge in [-0.05, 0) is 134 Å². The monoisotopic (exact) mass is 1010 g/mol. The van der Waals surface area contributed by atoms with Crippen molar-refractivity contribution in [2.45, 2.75) is 142 Å². The zero-order chi connectivity index (χ0) is 51.3. The number of benzene rings is 2. The highest BCUT2D eigenvalue weighted by Crippen LogP contribution is 2.44. The van der Waals surface area contributed by atoms with Crippen molar-refractivity contribution in [2.75, 3.05) is 83.6 Å². The van der Waals surface area contributed by atoms with Gasteiger partial charge in [0.15, 0.2) is 0 Å². The molecule has 6 bridgehead atoms. The number of hydrogen-bond acceptors (Lipinski definition) is 11. The molecule has 0 unspecified atom stereocenters. The second kappa shape index (κ2) is 21.2. The minimum atomic E-state index is -0.964. The maximum absolute atomic E-state index is 15.2. The Bertz CT molecular complexity index is 2730. The van der Waals surface area contributed by atoms with Crippen molar-refractivity contribution in [3.63, 3.8) is 0 Å². The Morgan fingerprint density at radius 3 is 2.61 bits per heavy atom. The van der Waals surface area contributed by atoms with E-state index in [2.05, 4.69) is 106 Å². The molecule has 5 atom stereocenters. The Hall–Kier alpha value is -4.93. The second-order valence-corrected chi connectivity index (χ2v) is 24.1. The van der Waals surface area contributed by atoms with E-state index in [0.29, 0.717) is 44.0 Å². The standard InChI is InChI=1S/C59H80FN9O5/c1-6-68-51-14-13-42-28-46(51)48(54(68)47-29-44(32-62-52(47)38(2)3)66-21-20-65-22-23-73-34-45(65)33-66)30-58(4,5)37-74-57(72)49-12-9-18-69(64-49)56(71)50(27-39-24-40(31-60)26-43(42)25-39)63-55(70)53(41-10-7-8-11-41)67-19-16-59(36-67)15-17-61-35-59/h13-14,24-26,28-29,32,38,41,45,49-50,53,61,64H,6-12,15-23,27,30-31,33-37H2,1-5H3,(H,63,70)/t45-,49-,50-,53-,59-/m0/s1. The molecule has 14 nitrogen and oxygen atoms in total. The van der Waals surface area contributed by atoms with Gasteiger partial charge >= 0.3 is 5.97 Å². The number of hydrogen-bond donors (Lipinski definition) is 3. The molecule has 74 heavy (non-hydrogen) atoms. The van der Waals surface area contributed by atoms with Crippen LogP contribution in [0.4, 0.5) is 10.1 Å². The Morgan fingerprint density at radius 1 is 0.973 bits per heavy atom. The first-order valence-corrected chi connectivity index (χ1v) is 28.2. The van der Waals surface area contributed by atoms with Crippen molar-refractivity contribution in [2.24, 2.45) is 16.7 Å². The fourth-order valence-electron chi connectivity index (χ4n) is 14.0. The lowest BCUT2D eigenvalue weighted by Crippen LogP contribution is -2.62. The number of carbonyl (C=O) groups excluding carboxylic acids is 3. The number of pyridine rings is 1. The lowest BCUT2D eigenvalue weighted by atomic mass is 9.83. The van der Waals surface area contributed by atoms with Gasteiger partial charge in [0.1, 0.15) is 18.8 Å². The van der Waals surface area contributed by atoms with E-state index in [1.54, 1.807) is 0 Å². The number of piperazine rings is 1. The molecular formula is C59H80FN9O5. The van der Waals surface area contributed by atoms with Crippen LogP contribution in [-0.2, 0) is 49.9 Å². The fourth-order valence-corrected chi connectivity index (χ4v) is 14.0. The van der Waals surface area contributed by atoms with E-state index in [1.807, 2.05) is 12.1 Å². The van der Waals surface area contributed by atoms with E-state index < -0.39 is 30.1 Å². The third-order valence-corrected chi connectivity index (χ3v) is 17.9. The zero-order valence-corrected chi connectivity index (χ0v) is 44.7. The number of amides is 2. The van der Waals surface area contributed by atoms with Crippen molar-refractivity contribution < 1.29 is 28.2 Å². The third kappa shape index (κ3) is 10.2. The minimum Gasteiger partial charge on any atom is -0.464 e. The summed E-state index contributed by atoms with van der Waals surface area (Å²) in [5.74, 6) is -0.475. The Kier molecular flexibility index (Phi) is 14.7. The summed E-state index contributed by atoms with van der Waals surface area (Å²) < 4.78 is 29.9. The van der Waals surface area contributed by atoms with E-state index >= 15 is 14.0 Å². The number of morpholine rings is 1. The zero-order valence-electron chi connectivity index (χ0n) is 44.7. The van der Waals surface area contributed by atoms with E-state index in [0.717, 1.165) is 160 Å². The normalized spacial score (nSPS) is 26.7. The first kappa shape index (κ1) is 51.2. The van der Waals surface area contributed by atoms with Gasteiger partial charge in [0.25, 0.3) is 5.91 Å². The van der Waals surface area contributed by atoms with Crippen LogP contribution in [0.3, 0.4) is 0 Å². The molecule has 15 heteroatoms. The van der Waals surface area contributed by atoms with E-state index in [1.165, 1.54) is 5.01 Å². The molecule has 8 heterocycles. The molecule has 6 fully saturated rings. The molecule has 3 N–H and O–H groups in total. The maximum Gasteiger partial charge on any atom is 0.324 e. The first-order valence-electron chi connectivity index (χ1n) is 28.2. The molecule has 2 aromatic carbocycles. The molecule has 398 valence electrons. The number of cyclic esters (lactones) is 1. The van der Waals surface area contributed by atoms with Crippen LogP contribution in [0.25, 0.3) is 33.3 Å². The van der Waals surface area contributed by atoms with Crippen molar-refractivity contribution in [3.8, 4) is 22.4 Å². The second-order valence-electron chi connectivity index (χ2n) is 24.1. The largest absolute Gasteiger partial charge is 0.464 e. The molecule has 1 spiro atoms. The summed E-state index contributed by atoms with van der Waals surface area (Å²) in [7, 11) is 0. The average Bonchev–Trinajstić information content (AvgIpc) is 4.25. The molecular weight excluding hydrogens is 934 g/mol. The quantitative estimate of drug-likeness (QED) is 0.145. The van der Waals surface area contributed by atoms with Crippen molar-refractivity contribution >= 4 is 34.4 Å². The summed E-state index contributed by atoms with van der Waals surface area (Å²) in [5.41, 5.74) is 12.6. The number of hydrazine groups is 1. The first-order chi connectivity index (χ1) is 35.8. The number of rotatable bonds is 9. The van der Waals surface area contributed by atoms with Crippen LogP contribution in [0.5, 0.6) is 0 Å². The number of nitrogens with zero attached hydrogens (tertiary/aromatic N) is 6. The predicted octanol–water partition coefficient (Wildman–Crippen LogP) is 7.40. The summed E-state index contributed by atoms with van der Waals surface area (Å²) in [6, 6.07) is 13.1. The van der Waals surface area contributed by atoms with Crippen LogP contribution in [0, 0.1) is 16.7 Å². The number of likely N-dealkylation sites (tertiary alicyclic amines) is 1. The number of anilines is 1. The van der Waals surface area contributed by atoms with Crippen LogP contribution in [0.1, 0.15) is 114 Å². The molecule has 0 radical (unpaired) electrons. The van der Waals surface area contributed by atoms with Gasteiger partial charge in [0, 0.05) is 80.7 Å². The number of aromatic nitrogens is 2. The van der Waals surface area contributed by atoms with Gasteiger partial charge in [-0.15, -0.1) is 0 Å². The van der Waals surface area contributed by atoms with Crippen LogP contribution >= 0.6 is 0 Å². The highest BCUT2D eigenvalue weighted by molar-refractivity contribution is 5.96. The summed E-state index contributed by atoms with van der Waals surface area (Å²) in [6.45, 7) is 20.5. The van der Waals surface area contributed by atoms with Crippen molar-refractivity contribution in [1.82, 2.24) is 40.4 Å². The molecule has 1 saturated carbocycles. The number of halogens is 1. The highest BCUT2D eigenvalue weighted by Gasteiger charge is 2.47. The molecule has 11 rings (SSSR count). The van der Waals surface area contributed by atoms with Gasteiger partial charge in [-0.3, -0.25) is 34.2 Å². The Balaban J connectivity index is 1.01. The van der Waals surface area contributed by atoms with Gasteiger partial charge in [0.05, 0.1) is 55.2 Å². The number of carbonyl (C=O) groups is 3. The number of alkyl halides is 1. The highest BCUT2D eigenvalue weighted by atomic mass is 19.1. The SMILES string of the molecule is CCn1c(-c2cc(N3CCN4CCOC[C@@H]4C3)cnc2C(C)C)c2c3cc(ccc31)-c1cc(CF)cc(c1)C[C@H](NC(=O)[C@H](C1CCCC1)N1CC[C@]3(CCNC3)C1)C(=O)N1CCC[C@H](N1)C(=O)OCC(C)(C)C2. The summed E-state index contributed by atoms with van der Waals surface area (Å²) in [6.07, 6.45) is 10.2. The smallest absolute Gasteiger partial charge is 0.324 e. The maximum atomic E-state index is 15.2. The number of aryl methyl sites for hydroxylation is 1. The van der Waals surface area contributed by atoms with Crippen LogP contribution in [-0.4, -0.2) is 145 Å². The molecule has 2 aromatic heterocycles. The minimum absolute atomic E-state index is 0.116. The summed E-state index contributed by atoms with van der Waals surface area (Å²) in [5, 5.41) is 9.53. The Morgan fingerprint density at radius 2 is 1.82 bits per heavy atom. The molecule has 7 aliphatic rings. The molecule has 2 amide bonds. The predicted molar refractivity (Wildman–Crippen MR) is 287 cm³/mol. The Labute approximate surface area is 437 Å². The van der Waals surface area contributed by atoms with Crippen LogP contribution in [0.2, 0.25) is 0 Å². The topological polar surface area (TPSA) is 137 Å². The van der Waals surface area contributed by atoms with Crippen LogP contribution < -0.4 is 21.0 Å². The average molecular weight is 1010 g/mol. The number of esters is 1. The van der Waals surface area contributed by atoms with Gasteiger partial charge in [0.2, 0.25) is 5.91 Å². The molecule has 6 aliphatic heterocycles. The van der Waals surface area contributed by atoms with E-state index in [9.17, 15) is 4.79 Å². The van der Waals surface area contributed by atoms with Gasteiger partial charge in [-0.25, -0.2) is 9.82 Å². The molecule has 1 aliphatic carbocycles. The number of fused-ring (bicyclic) bond motifs is 7. The lowest BCUT2D eigenvalue weighted by Gasteiger charge is -2.44. The number of nitrogens with one attached hydrogen (secondary N) is 3. The van der Waals surface area contributed by atoms with Gasteiger partial charge in [-0.2, -0.15) is 0 Å². The number of ether oxygens (including phenoxy) is 2.